The molecule has 17 heavy (non-hydrogen) atoms. The summed E-state index contributed by atoms with van der Waals surface area (Å²) in [5.41, 5.74) is 1.09. The molecule has 92 valence electrons. The van der Waals surface area contributed by atoms with Crippen LogP contribution in [0.15, 0.2) is 11.4 Å². The van der Waals surface area contributed by atoms with E-state index in [1.165, 1.54) is 30.8 Å². The monoisotopic (exact) mass is 249 g/mol. The van der Waals surface area contributed by atoms with E-state index in [-0.39, 0.29) is 6.61 Å². The van der Waals surface area contributed by atoms with Crippen molar-refractivity contribution in [2.75, 3.05) is 19.7 Å². The first kappa shape index (κ1) is 12.6. The normalized spacial score (nSPS) is 20.2. The first-order valence-electron chi connectivity index (χ1n) is 6.22. The minimum atomic E-state index is -0.0586. The fourth-order valence-electron chi connectivity index (χ4n) is 2.30. The Morgan fingerprint density at radius 3 is 3.18 bits per heavy atom. The molecule has 0 aliphatic carbocycles. The lowest BCUT2D eigenvalue weighted by Crippen LogP contribution is -2.19. The third kappa shape index (κ3) is 3.32. The second-order valence-electron chi connectivity index (χ2n) is 4.52. The zero-order chi connectivity index (χ0) is 12.1. The van der Waals surface area contributed by atoms with Gasteiger partial charge in [0.1, 0.15) is 6.61 Å². The van der Waals surface area contributed by atoms with Crippen molar-refractivity contribution >= 4 is 11.3 Å². The van der Waals surface area contributed by atoms with Crippen molar-refractivity contribution in [3.8, 4) is 11.8 Å². The van der Waals surface area contributed by atoms with Crippen LogP contribution in [-0.2, 0) is 6.54 Å². The van der Waals surface area contributed by atoms with Gasteiger partial charge in [-0.1, -0.05) is 25.2 Å². The highest BCUT2D eigenvalue weighted by molar-refractivity contribution is 7.10. The number of likely N-dealkylation sites (tertiary alicyclic amines) is 1. The molecule has 1 saturated heterocycles. The van der Waals surface area contributed by atoms with Gasteiger partial charge in [-0.3, -0.25) is 4.90 Å². The van der Waals surface area contributed by atoms with Crippen molar-refractivity contribution in [1.29, 1.82) is 0 Å². The van der Waals surface area contributed by atoms with Gasteiger partial charge >= 0.3 is 0 Å². The van der Waals surface area contributed by atoms with E-state index in [2.05, 4.69) is 35.1 Å². The van der Waals surface area contributed by atoms with E-state index < -0.39 is 0 Å². The summed E-state index contributed by atoms with van der Waals surface area (Å²) in [5, 5.41) is 10.8. The molecular weight excluding hydrogens is 230 g/mol. The maximum absolute atomic E-state index is 8.73. The highest BCUT2D eigenvalue weighted by Gasteiger charge is 2.21. The number of aliphatic hydroxyl groups is 1. The zero-order valence-electron chi connectivity index (χ0n) is 10.3. The van der Waals surface area contributed by atoms with Crippen molar-refractivity contribution in [3.63, 3.8) is 0 Å². The molecule has 1 N–H and O–H groups in total. The number of aliphatic hydroxyl groups excluding tert-OH is 1. The number of thiophene rings is 1. The Bertz CT molecular complexity index is 415. The molecule has 3 heteroatoms. The van der Waals surface area contributed by atoms with Crippen LogP contribution < -0.4 is 0 Å². The van der Waals surface area contributed by atoms with Crippen molar-refractivity contribution in [1.82, 2.24) is 4.90 Å². The van der Waals surface area contributed by atoms with Crippen molar-refractivity contribution < 1.29 is 5.11 Å². The number of nitrogens with zero attached hydrogens (tertiary/aromatic N) is 1. The fraction of sp³-hybridized carbons (Fsp3) is 0.571. The average Bonchev–Trinajstić information content (AvgIpc) is 2.96. The van der Waals surface area contributed by atoms with Crippen LogP contribution in [0.5, 0.6) is 0 Å². The summed E-state index contributed by atoms with van der Waals surface area (Å²) in [7, 11) is 0. The van der Waals surface area contributed by atoms with Gasteiger partial charge in [0.2, 0.25) is 0 Å². The topological polar surface area (TPSA) is 23.5 Å². The molecule has 1 fully saturated rings. The summed E-state index contributed by atoms with van der Waals surface area (Å²) in [6, 6.07) is 2.05. The maximum atomic E-state index is 8.73. The van der Waals surface area contributed by atoms with Crippen LogP contribution in [0.1, 0.15) is 30.2 Å². The van der Waals surface area contributed by atoms with Gasteiger partial charge in [-0.2, -0.15) is 0 Å². The second-order valence-corrected chi connectivity index (χ2v) is 5.52. The third-order valence-electron chi connectivity index (χ3n) is 3.36. The van der Waals surface area contributed by atoms with Gasteiger partial charge in [-0.15, -0.1) is 11.3 Å². The first-order chi connectivity index (χ1) is 8.33. The molecule has 0 amide bonds. The van der Waals surface area contributed by atoms with Crippen LogP contribution >= 0.6 is 11.3 Å². The van der Waals surface area contributed by atoms with Crippen LogP contribution in [0.3, 0.4) is 0 Å². The summed E-state index contributed by atoms with van der Waals surface area (Å²) in [6.07, 6.45) is 2.62. The predicted molar refractivity (Wildman–Crippen MR) is 72.0 cm³/mol. The standard InChI is InChI=1S/C14H19NOS/c1-2-12-5-7-15(10-12)11-14-13(4-3-8-16)6-9-17-14/h6,9,12,16H,2,5,7-8,10-11H2,1H3. The Kier molecular flexibility index (Phi) is 4.61. The van der Waals surface area contributed by atoms with Gasteiger partial charge in [-0.25, -0.2) is 0 Å². The fourth-order valence-corrected chi connectivity index (χ4v) is 3.17. The third-order valence-corrected chi connectivity index (χ3v) is 4.27. The highest BCUT2D eigenvalue weighted by Crippen LogP contribution is 2.24. The molecule has 2 heterocycles. The molecular formula is C14H19NOS. The van der Waals surface area contributed by atoms with E-state index in [0.29, 0.717) is 0 Å². The second kappa shape index (κ2) is 6.20. The van der Waals surface area contributed by atoms with Gasteiger partial charge in [0.05, 0.1) is 0 Å². The minimum Gasteiger partial charge on any atom is -0.384 e. The molecule has 1 aliphatic rings. The summed E-state index contributed by atoms with van der Waals surface area (Å²) in [6.45, 7) is 5.67. The van der Waals surface area contributed by atoms with Crippen LogP contribution in [-0.4, -0.2) is 29.7 Å². The van der Waals surface area contributed by atoms with Crippen molar-refractivity contribution in [3.05, 3.63) is 21.9 Å². The Morgan fingerprint density at radius 2 is 2.47 bits per heavy atom. The molecule has 0 bridgehead atoms. The van der Waals surface area contributed by atoms with Crippen molar-refractivity contribution in [2.45, 2.75) is 26.3 Å². The molecule has 0 aromatic carbocycles. The lowest BCUT2D eigenvalue weighted by molar-refractivity contribution is 0.318. The van der Waals surface area contributed by atoms with Gasteiger partial charge in [0.15, 0.2) is 0 Å². The predicted octanol–water partition coefficient (Wildman–Crippen LogP) is 2.32. The lowest BCUT2D eigenvalue weighted by Gasteiger charge is -2.14. The summed E-state index contributed by atoms with van der Waals surface area (Å²) in [5.74, 6) is 6.63. The van der Waals surface area contributed by atoms with Crippen LogP contribution in [0.25, 0.3) is 0 Å². The smallest absolute Gasteiger partial charge is 0.104 e. The Labute approximate surface area is 107 Å². The van der Waals surface area contributed by atoms with Gasteiger partial charge in [0, 0.05) is 23.5 Å². The number of hydrogen-bond donors (Lipinski definition) is 1. The summed E-state index contributed by atoms with van der Waals surface area (Å²) < 4.78 is 0. The molecule has 1 atom stereocenters. The lowest BCUT2D eigenvalue weighted by atomic mass is 10.1. The quantitative estimate of drug-likeness (QED) is 0.831. The Morgan fingerprint density at radius 1 is 1.59 bits per heavy atom. The molecule has 1 aromatic rings. The van der Waals surface area contributed by atoms with Crippen LogP contribution in [0.4, 0.5) is 0 Å². The van der Waals surface area contributed by atoms with Crippen molar-refractivity contribution in [2.24, 2.45) is 5.92 Å². The summed E-state index contributed by atoms with van der Waals surface area (Å²) >= 11 is 1.77. The number of rotatable bonds is 3. The SMILES string of the molecule is CCC1CCN(Cc2sccc2C#CCO)C1. The van der Waals surface area contributed by atoms with Gasteiger partial charge in [0.25, 0.3) is 0 Å². The zero-order valence-corrected chi connectivity index (χ0v) is 11.1. The molecule has 2 rings (SSSR count). The Balaban J connectivity index is 1.97. The molecule has 0 radical (unpaired) electrons. The Hall–Kier alpha value is -0.820. The molecule has 1 unspecified atom stereocenters. The molecule has 1 aromatic heterocycles. The molecule has 2 nitrogen and oxygen atoms in total. The maximum Gasteiger partial charge on any atom is 0.104 e. The largest absolute Gasteiger partial charge is 0.384 e. The van der Waals surface area contributed by atoms with E-state index in [4.69, 9.17) is 5.11 Å². The number of hydrogen-bond acceptors (Lipinski definition) is 3. The van der Waals surface area contributed by atoms with Crippen LogP contribution in [0, 0.1) is 17.8 Å². The molecule has 1 aliphatic heterocycles. The van der Waals surface area contributed by atoms with Gasteiger partial charge in [-0.05, 0) is 30.3 Å². The van der Waals surface area contributed by atoms with Crippen LogP contribution in [0.2, 0.25) is 0 Å². The molecule has 0 spiro atoms. The van der Waals surface area contributed by atoms with E-state index in [9.17, 15) is 0 Å². The average molecular weight is 249 g/mol. The highest BCUT2D eigenvalue weighted by atomic mass is 32.1. The van der Waals surface area contributed by atoms with E-state index in [0.717, 1.165) is 18.0 Å². The molecule has 0 saturated carbocycles. The minimum absolute atomic E-state index is 0.0586. The van der Waals surface area contributed by atoms with Gasteiger partial charge < -0.3 is 5.11 Å². The summed E-state index contributed by atoms with van der Waals surface area (Å²) in [4.78, 5) is 3.85. The first-order valence-corrected chi connectivity index (χ1v) is 7.10. The van der Waals surface area contributed by atoms with E-state index >= 15 is 0 Å². The van der Waals surface area contributed by atoms with E-state index in [1.54, 1.807) is 11.3 Å². The van der Waals surface area contributed by atoms with E-state index in [1.807, 2.05) is 0 Å².